The molecule has 3 rings (SSSR count). The Balaban J connectivity index is 0.00000147. The van der Waals surface area contributed by atoms with Gasteiger partial charge in [0.15, 0.2) is 0 Å². The van der Waals surface area contributed by atoms with Crippen LogP contribution in [0.5, 0.6) is 0 Å². The molecule has 0 aliphatic carbocycles. The fourth-order valence-corrected chi connectivity index (χ4v) is 4.31. The van der Waals surface area contributed by atoms with Crippen LogP contribution in [0.2, 0.25) is 0 Å². The summed E-state index contributed by atoms with van der Waals surface area (Å²) < 4.78 is 0. The second kappa shape index (κ2) is 5.65. The summed E-state index contributed by atoms with van der Waals surface area (Å²) in [4.78, 5) is 14.2. The summed E-state index contributed by atoms with van der Waals surface area (Å²) >= 11 is 1.66. The number of nitriles is 1. The van der Waals surface area contributed by atoms with Crippen molar-refractivity contribution in [2.45, 2.75) is 29.8 Å². The molecule has 2 aliphatic heterocycles. The van der Waals surface area contributed by atoms with Gasteiger partial charge in [-0.15, -0.1) is 24.2 Å². The average molecular weight is 310 g/mol. The van der Waals surface area contributed by atoms with Gasteiger partial charge in [-0.3, -0.25) is 4.79 Å². The maximum Gasteiger partial charge on any atom is 0.245 e. The van der Waals surface area contributed by atoms with Gasteiger partial charge in [0.25, 0.3) is 0 Å². The van der Waals surface area contributed by atoms with E-state index in [0.717, 1.165) is 5.56 Å². The summed E-state index contributed by atoms with van der Waals surface area (Å²) in [5.74, 6) is 0.631. The van der Waals surface area contributed by atoms with Crippen LogP contribution in [0.3, 0.4) is 0 Å². The smallest absolute Gasteiger partial charge is 0.245 e. The van der Waals surface area contributed by atoms with Crippen LogP contribution in [-0.4, -0.2) is 33.5 Å². The Bertz CT molecular complexity index is 547. The molecular formula is C14H16ClN3OS. The van der Waals surface area contributed by atoms with Crippen LogP contribution < -0.4 is 5.73 Å². The van der Waals surface area contributed by atoms with E-state index in [2.05, 4.69) is 6.07 Å². The molecule has 1 amide bonds. The van der Waals surface area contributed by atoms with Crippen LogP contribution in [0.15, 0.2) is 30.3 Å². The molecule has 20 heavy (non-hydrogen) atoms. The minimum absolute atomic E-state index is 0. The van der Waals surface area contributed by atoms with Gasteiger partial charge in [-0.25, -0.2) is 0 Å². The van der Waals surface area contributed by atoms with E-state index >= 15 is 0 Å². The Labute approximate surface area is 128 Å². The lowest BCUT2D eigenvalue weighted by atomic mass is 9.90. The van der Waals surface area contributed by atoms with Crippen molar-refractivity contribution in [2.24, 2.45) is 5.73 Å². The van der Waals surface area contributed by atoms with Crippen LogP contribution in [-0.2, 0) is 11.2 Å². The fourth-order valence-electron chi connectivity index (χ4n) is 2.86. The van der Waals surface area contributed by atoms with Gasteiger partial charge in [0.05, 0.1) is 11.4 Å². The number of hydrogen-bond acceptors (Lipinski definition) is 4. The number of nitrogens with zero attached hydrogens (tertiary/aromatic N) is 2. The zero-order chi connectivity index (χ0) is 13.5. The van der Waals surface area contributed by atoms with Gasteiger partial charge in [0.2, 0.25) is 5.91 Å². The van der Waals surface area contributed by atoms with E-state index in [1.54, 1.807) is 16.7 Å². The lowest BCUT2D eigenvalue weighted by Gasteiger charge is -2.24. The lowest BCUT2D eigenvalue weighted by Crippen LogP contribution is -2.51. The van der Waals surface area contributed by atoms with E-state index in [4.69, 9.17) is 11.0 Å². The van der Waals surface area contributed by atoms with E-state index in [1.165, 1.54) is 0 Å². The van der Waals surface area contributed by atoms with Crippen molar-refractivity contribution in [2.75, 3.05) is 5.75 Å². The van der Waals surface area contributed by atoms with E-state index in [-0.39, 0.29) is 29.7 Å². The number of benzene rings is 1. The number of amides is 1. The van der Waals surface area contributed by atoms with Crippen molar-refractivity contribution in [3.05, 3.63) is 35.9 Å². The van der Waals surface area contributed by atoms with Gasteiger partial charge in [-0.05, 0) is 12.0 Å². The van der Waals surface area contributed by atoms with E-state index in [0.29, 0.717) is 18.6 Å². The van der Waals surface area contributed by atoms with Crippen LogP contribution in [0.25, 0.3) is 0 Å². The first kappa shape index (κ1) is 15.2. The van der Waals surface area contributed by atoms with Gasteiger partial charge in [0, 0.05) is 12.2 Å². The Morgan fingerprint density at radius 3 is 2.80 bits per heavy atom. The Morgan fingerprint density at radius 2 is 2.15 bits per heavy atom. The van der Waals surface area contributed by atoms with Crippen molar-refractivity contribution >= 4 is 30.1 Å². The second-order valence-corrected chi connectivity index (χ2v) is 6.38. The zero-order valence-corrected chi connectivity index (χ0v) is 12.5. The third-order valence-electron chi connectivity index (χ3n) is 3.80. The molecule has 0 bridgehead atoms. The molecular weight excluding hydrogens is 294 g/mol. The average Bonchev–Trinajstić information content (AvgIpc) is 2.90. The lowest BCUT2D eigenvalue weighted by molar-refractivity contribution is -0.132. The molecule has 0 aromatic heterocycles. The van der Waals surface area contributed by atoms with Crippen molar-refractivity contribution in [1.29, 1.82) is 5.26 Å². The molecule has 3 atom stereocenters. The molecule has 0 radical (unpaired) electrons. The molecule has 2 heterocycles. The predicted octanol–water partition coefficient (Wildman–Crippen LogP) is 1.55. The van der Waals surface area contributed by atoms with Crippen LogP contribution in [0.1, 0.15) is 12.0 Å². The molecule has 4 nitrogen and oxygen atoms in total. The summed E-state index contributed by atoms with van der Waals surface area (Å²) in [6, 6.07) is 11.7. The predicted molar refractivity (Wildman–Crippen MR) is 81.4 cm³/mol. The summed E-state index contributed by atoms with van der Waals surface area (Å²) in [6.45, 7) is 0. The van der Waals surface area contributed by atoms with Gasteiger partial charge in [-0.2, -0.15) is 5.26 Å². The SMILES string of the molecule is Cl.N#C[C@@H]1CS[C@H]2C[C@](N)(Cc3ccccc3)C(=O)N12. The van der Waals surface area contributed by atoms with E-state index in [1.807, 2.05) is 30.3 Å². The Hall–Kier alpha value is -1.22. The number of halogens is 1. The molecule has 106 valence electrons. The molecule has 0 spiro atoms. The molecule has 2 N–H and O–H groups in total. The first-order valence-corrected chi connectivity index (χ1v) is 7.36. The van der Waals surface area contributed by atoms with E-state index in [9.17, 15) is 4.79 Å². The number of rotatable bonds is 2. The maximum atomic E-state index is 12.5. The van der Waals surface area contributed by atoms with Crippen LogP contribution in [0.4, 0.5) is 0 Å². The standard InChI is InChI=1S/C14H15N3OS.ClH/c15-8-11-9-19-12-7-14(16,13(18)17(11)12)6-10-4-2-1-3-5-10;/h1-5,11-12H,6-7,9,16H2;1H/t11-,12+,14-;/m1./s1. The first-order valence-electron chi connectivity index (χ1n) is 6.31. The number of fused-ring (bicyclic) bond motifs is 1. The third-order valence-corrected chi connectivity index (χ3v) is 5.09. The molecule has 1 aromatic rings. The summed E-state index contributed by atoms with van der Waals surface area (Å²) in [7, 11) is 0. The monoisotopic (exact) mass is 309 g/mol. The van der Waals surface area contributed by atoms with Crippen molar-refractivity contribution in [3.63, 3.8) is 0 Å². The molecule has 0 unspecified atom stereocenters. The Morgan fingerprint density at radius 1 is 1.45 bits per heavy atom. The number of carbonyl (C=O) groups excluding carboxylic acids is 1. The molecule has 0 saturated carbocycles. The summed E-state index contributed by atoms with van der Waals surface area (Å²) in [5.41, 5.74) is 6.54. The number of thioether (sulfide) groups is 1. The minimum atomic E-state index is -0.853. The van der Waals surface area contributed by atoms with Crippen molar-refractivity contribution in [1.82, 2.24) is 4.90 Å². The first-order chi connectivity index (χ1) is 9.14. The Kier molecular flexibility index (Phi) is 4.28. The normalized spacial score (nSPS) is 31.6. The van der Waals surface area contributed by atoms with Crippen LogP contribution in [0, 0.1) is 11.3 Å². The molecule has 1 aromatic carbocycles. The van der Waals surface area contributed by atoms with Crippen molar-refractivity contribution in [3.8, 4) is 6.07 Å². The van der Waals surface area contributed by atoms with Crippen LogP contribution >= 0.6 is 24.2 Å². The third kappa shape index (κ3) is 2.39. The summed E-state index contributed by atoms with van der Waals surface area (Å²) in [5, 5.41) is 9.17. The number of nitrogens with two attached hydrogens (primary N) is 1. The highest BCUT2D eigenvalue weighted by molar-refractivity contribution is 8.00. The highest BCUT2D eigenvalue weighted by Crippen LogP contribution is 2.42. The topological polar surface area (TPSA) is 70.1 Å². The zero-order valence-electron chi connectivity index (χ0n) is 10.9. The highest BCUT2D eigenvalue weighted by atomic mass is 35.5. The highest BCUT2D eigenvalue weighted by Gasteiger charge is 2.54. The van der Waals surface area contributed by atoms with Crippen molar-refractivity contribution < 1.29 is 4.79 Å². The molecule has 2 fully saturated rings. The minimum Gasteiger partial charge on any atom is -0.317 e. The largest absolute Gasteiger partial charge is 0.317 e. The number of carbonyl (C=O) groups is 1. The fraction of sp³-hybridized carbons (Fsp3) is 0.429. The van der Waals surface area contributed by atoms with Gasteiger partial charge in [0.1, 0.15) is 11.6 Å². The molecule has 2 aliphatic rings. The van der Waals surface area contributed by atoms with E-state index < -0.39 is 5.54 Å². The van der Waals surface area contributed by atoms with Gasteiger partial charge in [-0.1, -0.05) is 30.3 Å². The molecule has 6 heteroatoms. The molecule has 2 saturated heterocycles. The maximum absolute atomic E-state index is 12.5. The number of hydrogen-bond donors (Lipinski definition) is 1. The summed E-state index contributed by atoms with van der Waals surface area (Å²) in [6.07, 6.45) is 1.17. The van der Waals surface area contributed by atoms with Gasteiger partial charge >= 0.3 is 0 Å². The van der Waals surface area contributed by atoms with Gasteiger partial charge < -0.3 is 10.6 Å². The second-order valence-electron chi connectivity index (χ2n) is 5.17. The quantitative estimate of drug-likeness (QED) is 0.900.